The van der Waals surface area contributed by atoms with Gasteiger partial charge in [0.05, 0.1) is 53.1 Å². The number of aryl methyl sites for hydroxylation is 1. The first-order chi connectivity index (χ1) is 16.7. The number of aromatic nitrogens is 3. The quantitative estimate of drug-likeness (QED) is 0.449. The third-order valence-electron chi connectivity index (χ3n) is 6.06. The molecule has 0 spiro atoms. The molecule has 35 heavy (non-hydrogen) atoms. The number of sulfone groups is 1. The number of hydrogen-bond donors (Lipinski definition) is 1. The van der Waals surface area contributed by atoms with Gasteiger partial charge in [0.25, 0.3) is 5.91 Å². The Bertz CT molecular complexity index is 1330. The lowest BCUT2D eigenvalue weighted by Crippen LogP contribution is -2.26. The highest BCUT2D eigenvalue weighted by Gasteiger charge is 2.32. The van der Waals surface area contributed by atoms with Crippen molar-refractivity contribution in [2.75, 3.05) is 31.8 Å². The van der Waals surface area contributed by atoms with Gasteiger partial charge >= 0.3 is 0 Å². The summed E-state index contributed by atoms with van der Waals surface area (Å²) in [5, 5.41) is 8.26. The highest BCUT2D eigenvalue weighted by molar-refractivity contribution is 7.91. The fraction of sp³-hybridized carbons (Fsp3) is 0.480. The summed E-state index contributed by atoms with van der Waals surface area (Å²) in [6.45, 7) is 6.80. The van der Waals surface area contributed by atoms with Crippen LogP contribution in [-0.4, -0.2) is 67.0 Å². The molecule has 1 aromatic carbocycles. The van der Waals surface area contributed by atoms with E-state index >= 15 is 0 Å². The minimum absolute atomic E-state index is 0.0195. The zero-order chi connectivity index (χ0) is 25.2. The maximum Gasteiger partial charge on any atom is 0.252 e. The second kappa shape index (κ2) is 10.3. The molecule has 1 aliphatic heterocycles. The summed E-state index contributed by atoms with van der Waals surface area (Å²) in [4.78, 5) is 18.2. The van der Waals surface area contributed by atoms with Gasteiger partial charge in [-0.1, -0.05) is 12.1 Å². The zero-order valence-corrected chi connectivity index (χ0v) is 21.4. The zero-order valence-electron chi connectivity index (χ0n) is 20.6. The lowest BCUT2D eigenvalue weighted by molar-refractivity contribution is 0.0757. The number of carbonyl (C=O) groups excluding carboxylic acids is 1. The van der Waals surface area contributed by atoms with Crippen molar-refractivity contribution in [2.45, 2.75) is 45.8 Å². The predicted molar refractivity (Wildman–Crippen MR) is 135 cm³/mol. The number of pyridine rings is 1. The van der Waals surface area contributed by atoms with Crippen LogP contribution in [0, 0.1) is 6.92 Å². The van der Waals surface area contributed by atoms with Crippen LogP contribution >= 0.6 is 0 Å². The first-order valence-electron chi connectivity index (χ1n) is 11.8. The fourth-order valence-electron chi connectivity index (χ4n) is 4.33. The molecule has 3 heterocycles. The largest absolute Gasteiger partial charge is 0.497 e. The van der Waals surface area contributed by atoms with E-state index in [0.29, 0.717) is 59.7 Å². The summed E-state index contributed by atoms with van der Waals surface area (Å²) in [6.07, 6.45) is 1.31. The molecule has 9 nitrogen and oxygen atoms in total. The van der Waals surface area contributed by atoms with Crippen molar-refractivity contribution in [1.82, 2.24) is 20.1 Å². The van der Waals surface area contributed by atoms with Gasteiger partial charge in [-0.25, -0.2) is 18.1 Å². The maximum atomic E-state index is 13.3. The van der Waals surface area contributed by atoms with E-state index in [1.54, 1.807) is 17.9 Å². The topological polar surface area (TPSA) is 112 Å². The Kier molecular flexibility index (Phi) is 7.42. The third kappa shape index (κ3) is 5.65. The molecule has 3 aromatic rings. The fourth-order valence-corrected chi connectivity index (χ4v) is 6.03. The Morgan fingerprint density at radius 1 is 1.29 bits per heavy atom. The second-order valence-electron chi connectivity index (χ2n) is 9.10. The molecular weight excluding hydrogens is 468 g/mol. The van der Waals surface area contributed by atoms with Crippen molar-refractivity contribution in [1.29, 1.82) is 0 Å². The molecule has 1 fully saturated rings. The first-order valence-corrected chi connectivity index (χ1v) is 13.6. The molecule has 1 N–H and O–H groups in total. The molecule has 1 atom stereocenters. The van der Waals surface area contributed by atoms with Gasteiger partial charge in [0, 0.05) is 18.7 Å². The number of benzene rings is 1. The van der Waals surface area contributed by atoms with Crippen molar-refractivity contribution < 1.29 is 22.7 Å². The van der Waals surface area contributed by atoms with E-state index in [-0.39, 0.29) is 29.6 Å². The summed E-state index contributed by atoms with van der Waals surface area (Å²) >= 11 is 0. The number of carbonyl (C=O) groups is 1. The molecule has 10 heteroatoms. The Labute approximate surface area is 205 Å². The van der Waals surface area contributed by atoms with E-state index in [1.807, 2.05) is 45.0 Å². The third-order valence-corrected chi connectivity index (χ3v) is 7.81. The number of methoxy groups -OCH3 is 1. The molecule has 4 rings (SSSR count). The van der Waals surface area contributed by atoms with Crippen LogP contribution in [0.3, 0.4) is 0 Å². The number of nitrogens with zero attached hydrogens (tertiary/aromatic N) is 3. The standard InChI is InChI=1S/C25H32N4O5S/c1-16(2)34-11-6-10-26-25(30)21-14-22(18-7-5-8-20(13-18)33-4)27-24-23(21)17(3)28-29(24)19-9-12-35(31,32)15-19/h5,7-8,13-14,16,19H,6,9-12,15H2,1-4H3,(H,26,30). The number of amides is 1. The van der Waals surface area contributed by atoms with Crippen molar-refractivity contribution in [3.8, 4) is 17.0 Å². The molecule has 1 aliphatic rings. The summed E-state index contributed by atoms with van der Waals surface area (Å²) in [7, 11) is -1.53. The van der Waals surface area contributed by atoms with Crippen molar-refractivity contribution in [3.63, 3.8) is 0 Å². The van der Waals surface area contributed by atoms with Crippen LogP contribution in [0.5, 0.6) is 5.75 Å². The summed E-state index contributed by atoms with van der Waals surface area (Å²) in [5.74, 6) is 0.588. The van der Waals surface area contributed by atoms with E-state index in [9.17, 15) is 13.2 Å². The highest BCUT2D eigenvalue weighted by Crippen LogP contribution is 2.32. The average molecular weight is 501 g/mol. The van der Waals surface area contributed by atoms with Gasteiger partial charge in [-0.2, -0.15) is 5.10 Å². The Morgan fingerprint density at radius 2 is 2.09 bits per heavy atom. The molecular formula is C25H32N4O5S. The normalized spacial score (nSPS) is 17.2. The number of rotatable bonds is 9. The second-order valence-corrected chi connectivity index (χ2v) is 11.3. The van der Waals surface area contributed by atoms with Crippen molar-refractivity contribution >= 4 is 26.8 Å². The van der Waals surface area contributed by atoms with Gasteiger partial charge in [0.2, 0.25) is 0 Å². The van der Waals surface area contributed by atoms with Crippen LogP contribution in [0.25, 0.3) is 22.3 Å². The van der Waals surface area contributed by atoms with Crippen molar-refractivity contribution in [3.05, 3.63) is 41.6 Å². The van der Waals surface area contributed by atoms with Crippen LogP contribution in [-0.2, 0) is 14.6 Å². The average Bonchev–Trinajstić information content (AvgIpc) is 3.36. The van der Waals surface area contributed by atoms with Crippen LogP contribution < -0.4 is 10.1 Å². The molecule has 0 aliphatic carbocycles. The summed E-state index contributed by atoms with van der Waals surface area (Å²) in [6, 6.07) is 8.91. The molecule has 188 valence electrons. The Morgan fingerprint density at radius 3 is 2.77 bits per heavy atom. The number of hydrogen-bond acceptors (Lipinski definition) is 7. The summed E-state index contributed by atoms with van der Waals surface area (Å²) < 4.78 is 36.9. The predicted octanol–water partition coefficient (Wildman–Crippen LogP) is 3.32. The van der Waals surface area contributed by atoms with Gasteiger partial charge in [-0.05, 0) is 51.8 Å². The molecule has 1 unspecified atom stereocenters. The number of fused-ring (bicyclic) bond motifs is 1. The van der Waals surface area contributed by atoms with Gasteiger partial charge in [-0.15, -0.1) is 0 Å². The van der Waals surface area contributed by atoms with Crippen LogP contribution in [0.4, 0.5) is 0 Å². The van der Waals surface area contributed by atoms with E-state index < -0.39 is 9.84 Å². The Balaban J connectivity index is 1.75. The molecule has 1 saturated heterocycles. The minimum Gasteiger partial charge on any atom is -0.497 e. The maximum absolute atomic E-state index is 13.3. The van der Waals surface area contributed by atoms with E-state index in [1.165, 1.54) is 0 Å². The van der Waals surface area contributed by atoms with Crippen LogP contribution in [0.1, 0.15) is 48.8 Å². The molecule has 2 aromatic heterocycles. The van der Waals surface area contributed by atoms with Crippen LogP contribution in [0.2, 0.25) is 0 Å². The van der Waals surface area contributed by atoms with Crippen molar-refractivity contribution in [2.24, 2.45) is 0 Å². The van der Waals surface area contributed by atoms with Crippen LogP contribution in [0.15, 0.2) is 30.3 Å². The SMILES string of the molecule is COc1cccc(-c2cc(C(=O)NCCCOC(C)C)c3c(C)nn(C4CCS(=O)(=O)C4)c3n2)c1. The lowest BCUT2D eigenvalue weighted by Gasteiger charge is -2.13. The van der Waals surface area contributed by atoms with Gasteiger partial charge < -0.3 is 14.8 Å². The summed E-state index contributed by atoms with van der Waals surface area (Å²) in [5.41, 5.74) is 2.99. The van der Waals surface area contributed by atoms with Gasteiger partial charge in [0.15, 0.2) is 15.5 Å². The van der Waals surface area contributed by atoms with E-state index in [4.69, 9.17) is 14.5 Å². The smallest absolute Gasteiger partial charge is 0.252 e. The number of ether oxygens (including phenoxy) is 2. The van der Waals surface area contributed by atoms with E-state index in [2.05, 4.69) is 10.4 Å². The van der Waals surface area contributed by atoms with Gasteiger partial charge in [0.1, 0.15) is 5.75 Å². The molecule has 1 amide bonds. The number of nitrogens with one attached hydrogen (secondary N) is 1. The molecule has 0 radical (unpaired) electrons. The van der Waals surface area contributed by atoms with Gasteiger partial charge in [-0.3, -0.25) is 4.79 Å². The minimum atomic E-state index is -3.12. The molecule has 0 bridgehead atoms. The lowest BCUT2D eigenvalue weighted by atomic mass is 10.0. The first kappa shape index (κ1) is 25.1. The van der Waals surface area contributed by atoms with E-state index in [0.717, 1.165) is 5.56 Å². The molecule has 0 saturated carbocycles. The highest BCUT2D eigenvalue weighted by atomic mass is 32.2. The Hall–Kier alpha value is -2.98. The monoisotopic (exact) mass is 500 g/mol.